The van der Waals surface area contributed by atoms with E-state index in [4.69, 9.17) is 5.26 Å². The summed E-state index contributed by atoms with van der Waals surface area (Å²) in [4.78, 5) is 0. The molecule has 0 aliphatic heterocycles. The van der Waals surface area contributed by atoms with Gasteiger partial charge < -0.3 is 0 Å². The quantitative estimate of drug-likeness (QED) is 0.322. The number of rotatable bonds is 0. The van der Waals surface area contributed by atoms with E-state index in [1.807, 2.05) is 3.32 Å². The Morgan fingerprint density at radius 2 is 2.00 bits per heavy atom. The molecule has 0 aromatic carbocycles. The van der Waals surface area contributed by atoms with Crippen LogP contribution < -0.4 is 0 Å². The number of nitrogens with zero attached hydrogens (tertiary/aromatic N) is 1. The summed E-state index contributed by atoms with van der Waals surface area (Å²) in [5.41, 5.74) is 0. The normalized spacial score (nSPS) is 2.25. The topological polar surface area (TPSA) is 23.8 Å². The molecule has 1 nitrogen and oxygen atoms in total. The third kappa shape index (κ3) is 20.1. The third-order valence-corrected chi connectivity index (χ3v) is 0. The molecule has 0 amide bonds. The fraction of sp³-hybridized carbons (Fsp3) is 0. The van der Waals surface area contributed by atoms with Crippen molar-refractivity contribution in [2.24, 2.45) is 0 Å². The van der Waals surface area contributed by atoms with Gasteiger partial charge in [-0.25, -0.2) is 0 Å². The van der Waals surface area contributed by atoms with Gasteiger partial charge >= 0.3 is 36.5 Å². The maximum Gasteiger partial charge on any atom is 0 e. The van der Waals surface area contributed by atoms with Crippen LogP contribution in [-0.2, 0) is 0 Å². The number of hydrogen-bond donors (Lipinski definition) is 0. The Morgan fingerprint density at radius 3 is 2.00 bits per heavy atom. The first kappa shape index (κ1) is 8.82. The van der Waals surface area contributed by atoms with Gasteiger partial charge in [-0.1, -0.05) is 0 Å². The van der Waals surface area contributed by atoms with Crippen molar-refractivity contribution in [2.45, 2.75) is 0 Å². The molecular weight excluding hydrogens is 59.8 g/mol. The van der Waals surface area contributed by atoms with Crippen LogP contribution >= 0.6 is 0 Å². The van der Waals surface area contributed by atoms with E-state index in [-0.39, 0.29) is 9.84 Å². The Morgan fingerprint density at radius 1 is 2.00 bits per heavy atom. The van der Waals surface area contributed by atoms with Crippen LogP contribution in [0.5, 0.6) is 0 Å². The van der Waals surface area contributed by atoms with Crippen LogP contribution in [0.4, 0.5) is 0 Å². The summed E-state index contributed by atoms with van der Waals surface area (Å²) in [7, 11) is 0. The van der Waals surface area contributed by atoms with E-state index >= 15 is 0 Å². The van der Waals surface area contributed by atoms with Crippen molar-refractivity contribution >= 4 is 36.3 Å². The first-order chi connectivity index (χ1) is 1.41. The van der Waals surface area contributed by atoms with Gasteiger partial charge in [-0.3, -0.25) is 0 Å². The van der Waals surface area contributed by atoms with Gasteiger partial charge in [0.2, 0.25) is 0 Å². The monoisotopic (exact) mass is 65.0 g/mol. The summed E-state index contributed by atoms with van der Waals surface area (Å²) < 4.78 is 1.89. The van der Waals surface area contributed by atoms with Crippen molar-refractivity contribution in [3.63, 3.8) is 0 Å². The minimum Gasteiger partial charge on any atom is 0 e. The molecule has 0 atom stereocenters. The Balaban J connectivity index is -0.0000000200. The molecule has 3 heteroatoms. The van der Waals surface area contributed by atoms with Crippen molar-refractivity contribution in [3.8, 4) is 3.32 Å². The Bertz CT molecular complexity index is 33.1. The molecule has 0 aliphatic rings. The molecule has 0 bridgehead atoms. The summed E-state index contributed by atoms with van der Waals surface area (Å²) in [5.74, 6) is 0. The van der Waals surface area contributed by atoms with E-state index in [1.54, 1.807) is 0 Å². The molecule has 0 saturated carbocycles. The number of hydrogen-bond acceptors (Lipinski definition) is 1. The predicted octanol–water partition coefficient (Wildman–Crippen LogP) is -1.30. The standard InChI is InChI=1S/CN.BH3.Na.H2/c1-2;;;/h;1H3;;1H. The maximum atomic E-state index is 7.38. The van der Waals surface area contributed by atoms with Gasteiger partial charge in [0, 0.05) is 1.43 Å². The van der Waals surface area contributed by atoms with Crippen molar-refractivity contribution < 1.29 is 1.43 Å². The second kappa shape index (κ2) is 9.60. The smallest absolute Gasteiger partial charge is 0 e. The van der Waals surface area contributed by atoms with Gasteiger partial charge in [0.05, 0.1) is 8.41 Å². The molecule has 0 saturated heterocycles. The van der Waals surface area contributed by atoms with Gasteiger partial charge in [0.25, 0.3) is 0 Å². The van der Waals surface area contributed by atoms with Crippen LogP contribution in [0.1, 0.15) is 1.43 Å². The SMILES string of the molecule is B.N#[C][Na].[HH]. The second-order valence-corrected chi connectivity index (χ2v) is 0.671. The van der Waals surface area contributed by atoms with Gasteiger partial charge in [-0.2, -0.15) is 0 Å². The van der Waals surface area contributed by atoms with E-state index in [0.29, 0.717) is 27.9 Å². The van der Waals surface area contributed by atoms with Crippen molar-refractivity contribution in [3.05, 3.63) is 0 Å². The Hall–Kier alpha value is 0.555. The molecular formula is CH5BNNa. The number of nitriles is 1. The Kier molecular flexibility index (Phi) is 21.2. The molecule has 0 spiro atoms. The summed E-state index contributed by atoms with van der Waals surface area (Å²) in [6, 6.07) is 0. The van der Waals surface area contributed by atoms with E-state index in [0.717, 1.165) is 0 Å². The Labute approximate surface area is 46.5 Å². The van der Waals surface area contributed by atoms with Gasteiger partial charge in [-0.15, -0.1) is 0 Å². The molecule has 0 aliphatic carbocycles. The third-order valence-electron chi connectivity index (χ3n) is 0. The zero-order valence-corrected chi connectivity index (χ0v) is 3.95. The fourth-order valence-electron chi connectivity index (χ4n) is 0. The van der Waals surface area contributed by atoms with Crippen LogP contribution in [0.3, 0.4) is 0 Å². The molecule has 0 aromatic rings. The van der Waals surface area contributed by atoms with E-state index in [9.17, 15) is 0 Å². The minimum absolute atomic E-state index is 0. The molecule has 0 N–H and O–H groups in total. The summed E-state index contributed by atoms with van der Waals surface area (Å²) in [5, 5.41) is 7.38. The van der Waals surface area contributed by atoms with Crippen LogP contribution in [0.25, 0.3) is 0 Å². The zero-order chi connectivity index (χ0) is 2.71. The molecule has 0 unspecified atom stereocenters. The van der Waals surface area contributed by atoms with Gasteiger partial charge in [0.1, 0.15) is 0 Å². The second-order valence-electron chi connectivity index (χ2n) is 0.224. The van der Waals surface area contributed by atoms with E-state index < -0.39 is 0 Å². The average molecular weight is 64.9 g/mol. The molecule has 4 heavy (non-hydrogen) atoms. The van der Waals surface area contributed by atoms with Crippen LogP contribution in [0, 0.1) is 8.58 Å². The van der Waals surface area contributed by atoms with Crippen molar-refractivity contribution in [2.75, 3.05) is 0 Å². The average Bonchev–Trinajstić information content (AvgIpc) is 0.918. The fourth-order valence-corrected chi connectivity index (χ4v) is 0. The molecule has 0 heterocycles. The molecule has 0 radical (unpaired) electrons. The summed E-state index contributed by atoms with van der Waals surface area (Å²) in [6.07, 6.45) is 0. The first-order valence-electron chi connectivity index (χ1n) is 0.724. The van der Waals surface area contributed by atoms with Crippen LogP contribution in [0.2, 0.25) is 0 Å². The molecule has 0 rings (SSSR count). The van der Waals surface area contributed by atoms with Crippen molar-refractivity contribution in [1.82, 2.24) is 0 Å². The predicted molar refractivity (Wildman–Crippen MR) is 23.4 cm³/mol. The van der Waals surface area contributed by atoms with Gasteiger partial charge in [0.15, 0.2) is 0 Å². The first-order valence-corrected chi connectivity index (χ1v) is 1.72. The largest absolute Gasteiger partial charge is 0 e. The van der Waals surface area contributed by atoms with Crippen LogP contribution in [-0.4, -0.2) is 36.3 Å². The van der Waals surface area contributed by atoms with E-state index in [1.165, 1.54) is 0 Å². The summed E-state index contributed by atoms with van der Waals surface area (Å²) >= 11 is 0.674. The van der Waals surface area contributed by atoms with Crippen LogP contribution in [0.15, 0.2) is 0 Å². The minimum atomic E-state index is 0. The zero-order valence-electron chi connectivity index (χ0n) is 1.95. The van der Waals surface area contributed by atoms with Crippen molar-refractivity contribution in [1.29, 1.82) is 5.26 Å². The summed E-state index contributed by atoms with van der Waals surface area (Å²) in [6.45, 7) is 0. The molecule has 0 fully saturated rings. The maximum absolute atomic E-state index is 7.38. The van der Waals surface area contributed by atoms with Gasteiger partial charge in [-0.05, 0) is 0 Å². The van der Waals surface area contributed by atoms with E-state index in [2.05, 4.69) is 0 Å². The molecule has 18 valence electrons. The molecule has 0 aromatic heterocycles.